The first-order valence-electron chi connectivity index (χ1n) is 6.12. The Bertz CT molecular complexity index is 540. The lowest BCUT2D eigenvalue weighted by Crippen LogP contribution is -2.30. The van der Waals surface area contributed by atoms with Crippen molar-refractivity contribution in [1.29, 1.82) is 0 Å². The third-order valence-corrected chi connectivity index (χ3v) is 4.95. The summed E-state index contributed by atoms with van der Waals surface area (Å²) in [7, 11) is -3.44. The molecule has 0 saturated carbocycles. The van der Waals surface area contributed by atoms with Crippen molar-refractivity contribution in [2.75, 3.05) is 25.4 Å². The number of benzene rings is 1. The van der Waals surface area contributed by atoms with Crippen molar-refractivity contribution in [3.63, 3.8) is 0 Å². The Morgan fingerprint density at radius 3 is 2.74 bits per heavy atom. The molecule has 6 heteroatoms. The maximum absolute atomic E-state index is 12.4. The molecule has 19 heavy (non-hydrogen) atoms. The number of nitrogens with two attached hydrogens (primary N) is 1. The lowest BCUT2D eigenvalue weighted by Gasteiger charge is -2.16. The van der Waals surface area contributed by atoms with Crippen LogP contribution >= 0.6 is 0 Å². The molecule has 0 bridgehead atoms. The van der Waals surface area contributed by atoms with Crippen molar-refractivity contribution < 1.29 is 13.2 Å². The highest BCUT2D eigenvalue weighted by molar-refractivity contribution is 7.89. The largest absolute Gasteiger partial charge is 0.399 e. The van der Waals surface area contributed by atoms with Crippen LogP contribution in [0.2, 0.25) is 0 Å². The van der Waals surface area contributed by atoms with Gasteiger partial charge in [-0.1, -0.05) is 6.08 Å². The first kappa shape index (κ1) is 14.0. The Kier molecular flexibility index (Phi) is 4.24. The zero-order chi connectivity index (χ0) is 13.9. The first-order valence-corrected chi connectivity index (χ1v) is 7.56. The monoisotopic (exact) mass is 282 g/mol. The predicted octanol–water partition coefficient (Wildman–Crippen LogP) is 1.23. The van der Waals surface area contributed by atoms with E-state index in [-0.39, 0.29) is 11.0 Å². The van der Waals surface area contributed by atoms with E-state index >= 15 is 0 Å². The SMILES string of the molecule is C=CCO[C@@H]1CCN(S(=O)(=O)c2ccc(N)cc2)C1. The van der Waals surface area contributed by atoms with E-state index in [4.69, 9.17) is 10.5 Å². The normalized spacial score (nSPS) is 20.5. The molecule has 1 aromatic rings. The molecule has 0 aromatic heterocycles. The molecule has 1 atom stereocenters. The highest BCUT2D eigenvalue weighted by atomic mass is 32.2. The Morgan fingerprint density at radius 2 is 2.11 bits per heavy atom. The van der Waals surface area contributed by atoms with Crippen molar-refractivity contribution in [2.24, 2.45) is 0 Å². The van der Waals surface area contributed by atoms with E-state index in [9.17, 15) is 8.42 Å². The molecule has 0 aliphatic carbocycles. The summed E-state index contributed by atoms with van der Waals surface area (Å²) in [5.41, 5.74) is 6.11. The van der Waals surface area contributed by atoms with Crippen LogP contribution in [-0.2, 0) is 14.8 Å². The van der Waals surface area contributed by atoms with Crippen LogP contribution in [0.4, 0.5) is 5.69 Å². The van der Waals surface area contributed by atoms with Gasteiger partial charge in [0.15, 0.2) is 0 Å². The van der Waals surface area contributed by atoms with Gasteiger partial charge in [-0.05, 0) is 30.7 Å². The van der Waals surface area contributed by atoms with Gasteiger partial charge >= 0.3 is 0 Å². The molecule has 0 spiro atoms. The molecule has 0 radical (unpaired) electrons. The third-order valence-electron chi connectivity index (χ3n) is 3.08. The second kappa shape index (κ2) is 5.73. The minimum atomic E-state index is -3.44. The zero-order valence-corrected chi connectivity index (χ0v) is 11.5. The van der Waals surface area contributed by atoms with E-state index in [2.05, 4.69) is 6.58 Å². The number of anilines is 1. The Hall–Kier alpha value is -1.37. The van der Waals surface area contributed by atoms with E-state index in [1.165, 1.54) is 16.4 Å². The molecule has 1 aromatic carbocycles. The standard InChI is InChI=1S/C13H18N2O3S/c1-2-9-18-12-7-8-15(10-12)19(16,17)13-5-3-11(14)4-6-13/h2-6,12H,1,7-10,14H2/t12-/m1/s1. The highest BCUT2D eigenvalue weighted by Gasteiger charge is 2.32. The van der Waals surface area contributed by atoms with Crippen molar-refractivity contribution in [1.82, 2.24) is 4.31 Å². The summed E-state index contributed by atoms with van der Waals surface area (Å²) in [6, 6.07) is 6.24. The summed E-state index contributed by atoms with van der Waals surface area (Å²) in [6.07, 6.45) is 2.32. The lowest BCUT2D eigenvalue weighted by atomic mass is 10.3. The summed E-state index contributed by atoms with van der Waals surface area (Å²) < 4.78 is 31.7. The molecule has 1 saturated heterocycles. The van der Waals surface area contributed by atoms with Crippen LogP contribution in [0.5, 0.6) is 0 Å². The second-order valence-corrected chi connectivity index (χ2v) is 6.40. The predicted molar refractivity (Wildman–Crippen MR) is 74.2 cm³/mol. The van der Waals surface area contributed by atoms with Gasteiger partial charge in [0.1, 0.15) is 0 Å². The molecular formula is C13H18N2O3S. The van der Waals surface area contributed by atoms with Gasteiger partial charge in [-0.15, -0.1) is 6.58 Å². The molecule has 2 N–H and O–H groups in total. The summed E-state index contributed by atoms with van der Waals surface area (Å²) in [5.74, 6) is 0. The average Bonchev–Trinajstić information content (AvgIpc) is 2.86. The van der Waals surface area contributed by atoms with E-state index in [1.54, 1.807) is 18.2 Å². The molecule has 2 rings (SSSR count). The van der Waals surface area contributed by atoms with Gasteiger partial charge in [-0.2, -0.15) is 4.31 Å². The molecule has 1 fully saturated rings. The van der Waals surface area contributed by atoms with Crippen molar-refractivity contribution in [2.45, 2.75) is 17.4 Å². The smallest absolute Gasteiger partial charge is 0.243 e. The number of ether oxygens (including phenoxy) is 1. The molecule has 104 valence electrons. The minimum Gasteiger partial charge on any atom is -0.399 e. The lowest BCUT2D eigenvalue weighted by molar-refractivity contribution is 0.0856. The van der Waals surface area contributed by atoms with Crippen LogP contribution in [0.1, 0.15) is 6.42 Å². The Morgan fingerprint density at radius 1 is 1.42 bits per heavy atom. The molecule has 1 aliphatic heterocycles. The topological polar surface area (TPSA) is 72.6 Å². The maximum atomic E-state index is 12.4. The summed E-state index contributed by atoms with van der Waals surface area (Å²) >= 11 is 0. The number of hydrogen-bond donors (Lipinski definition) is 1. The van der Waals surface area contributed by atoms with Gasteiger partial charge < -0.3 is 10.5 Å². The number of hydrogen-bond acceptors (Lipinski definition) is 4. The minimum absolute atomic E-state index is 0.0541. The van der Waals surface area contributed by atoms with Crippen molar-refractivity contribution >= 4 is 15.7 Å². The van der Waals surface area contributed by atoms with Crippen LogP contribution in [0.15, 0.2) is 41.8 Å². The van der Waals surface area contributed by atoms with Crippen LogP contribution in [-0.4, -0.2) is 38.5 Å². The van der Waals surface area contributed by atoms with Crippen LogP contribution in [0, 0.1) is 0 Å². The first-order chi connectivity index (χ1) is 9.04. The van der Waals surface area contributed by atoms with Gasteiger partial charge in [0.25, 0.3) is 0 Å². The average molecular weight is 282 g/mol. The number of nitrogen functional groups attached to an aromatic ring is 1. The molecule has 5 nitrogen and oxygen atoms in total. The molecule has 0 amide bonds. The highest BCUT2D eigenvalue weighted by Crippen LogP contribution is 2.23. The fourth-order valence-corrected chi connectivity index (χ4v) is 3.53. The van der Waals surface area contributed by atoms with E-state index in [0.29, 0.717) is 31.8 Å². The van der Waals surface area contributed by atoms with Gasteiger partial charge in [0.2, 0.25) is 10.0 Å². The van der Waals surface area contributed by atoms with Gasteiger partial charge in [-0.3, -0.25) is 0 Å². The number of nitrogens with zero attached hydrogens (tertiary/aromatic N) is 1. The second-order valence-electron chi connectivity index (χ2n) is 4.46. The Balaban J connectivity index is 2.09. The van der Waals surface area contributed by atoms with Crippen LogP contribution < -0.4 is 5.73 Å². The molecule has 0 unspecified atom stereocenters. The van der Waals surface area contributed by atoms with E-state index in [0.717, 1.165) is 0 Å². The summed E-state index contributed by atoms with van der Waals surface area (Å²) in [6.45, 7) is 4.89. The van der Waals surface area contributed by atoms with E-state index in [1.807, 2.05) is 0 Å². The van der Waals surface area contributed by atoms with E-state index < -0.39 is 10.0 Å². The Labute approximate surface area is 113 Å². The van der Waals surface area contributed by atoms with Crippen LogP contribution in [0.3, 0.4) is 0 Å². The molecular weight excluding hydrogens is 264 g/mol. The fraction of sp³-hybridized carbons (Fsp3) is 0.385. The third kappa shape index (κ3) is 3.15. The summed E-state index contributed by atoms with van der Waals surface area (Å²) in [5, 5.41) is 0. The maximum Gasteiger partial charge on any atom is 0.243 e. The fourth-order valence-electron chi connectivity index (χ4n) is 2.05. The van der Waals surface area contributed by atoms with Gasteiger partial charge in [0, 0.05) is 18.8 Å². The molecule has 1 aliphatic rings. The number of sulfonamides is 1. The number of rotatable bonds is 5. The van der Waals surface area contributed by atoms with Crippen LogP contribution in [0.25, 0.3) is 0 Å². The molecule has 1 heterocycles. The van der Waals surface area contributed by atoms with Gasteiger partial charge in [0.05, 0.1) is 17.6 Å². The van der Waals surface area contributed by atoms with Crippen molar-refractivity contribution in [3.8, 4) is 0 Å². The van der Waals surface area contributed by atoms with Crippen molar-refractivity contribution in [3.05, 3.63) is 36.9 Å². The summed E-state index contributed by atoms with van der Waals surface area (Å²) in [4.78, 5) is 0.270. The quantitative estimate of drug-likeness (QED) is 0.651. The zero-order valence-electron chi connectivity index (χ0n) is 10.7. The van der Waals surface area contributed by atoms with Gasteiger partial charge in [-0.25, -0.2) is 8.42 Å².